The Bertz CT molecular complexity index is 562. The van der Waals surface area contributed by atoms with Crippen molar-refractivity contribution in [1.82, 2.24) is 0 Å². The Hall–Kier alpha value is -0.893. The highest BCUT2D eigenvalue weighted by atomic mass is 28.4. The molecule has 1 saturated carbocycles. The van der Waals surface area contributed by atoms with Crippen LogP contribution in [0, 0.1) is 11.8 Å². The number of ether oxygens (including phenoxy) is 3. The zero-order valence-corrected chi connectivity index (χ0v) is 16.3. The fraction of sp³-hybridized carbons (Fsp3) is 0.824. The molecule has 1 saturated heterocycles. The highest BCUT2D eigenvalue weighted by molar-refractivity contribution is 6.74. The number of epoxide rings is 1. The van der Waals surface area contributed by atoms with E-state index in [1.54, 1.807) is 0 Å². The lowest BCUT2D eigenvalue weighted by Crippen LogP contribution is -2.52. The largest absolute Gasteiger partial charge is 0.473 e. The molecule has 6 nitrogen and oxygen atoms in total. The number of esters is 1. The van der Waals surface area contributed by atoms with E-state index in [0.29, 0.717) is 12.0 Å². The van der Waals surface area contributed by atoms with Crippen molar-refractivity contribution in [2.45, 2.75) is 63.3 Å². The van der Waals surface area contributed by atoms with Crippen LogP contribution in [0.2, 0.25) is 18.1 Å². The van der Waals surface area contributed by atoms with Gasteiger partial charge in [-0.25, -0.2) is 4.79 Å². The van der Waals surface area contributed by atoms with E-state index in [4.69, 9.17) is 18.6 Å². The standard InChI is InChI=1S/C17H28O6Si/c1-16(2,3)24(5,6)23-15-13-10(7-12-17(13,9-18)22-12)11(8-21-15)14(19)20-4/h8,10,12-13,15,18H,7,9H2,1-6H3/t10-,12+,13-,15+,17+/m1/s1. The second-order valence-corrected chi connectivity index (χ2v) is 13.3. The summed E-state index contributed by atoms with van der Waals surface area (Å²) < 4.78 is 23.0. The maximum Gasteiger partial charge on any atom is 0.337 e. The molecule has 2 heterocycles. The number of carbonyl (C=O) groups is 1. The second kappa shape index (κ2) is 5.55. The van der Waals surface area contributed by atoms with Gasteiger partial charge in [0, 0.05) is 5.92 Å². The Morgan fingerprint density at radius 1 is 1.46 bits per heavy atom. The van der Waals surface area contributed by atoms with Crippen LogP contribution >= 0.6 is 0 Å². The summed E-state index contributed by atoms with van der Waals surface area (Å²) in [6.45, 7) is 10.7. The van der Waals surface area contributed by atoms with Crippen molar-refractivity contribution in [3.63, 3.8) is 0 Å². The monoisotopic (exact) mass is 356 g/mol. The molecule has 0 spiro atoms. The van der Waals surface area contributed by atoms with Gasteiger partial charge in [0.05, 0.1) is 37.6 Å². The van der Waals surface area contributed by atoms with E-state index >= 15 is 0 Å². The van der Waals surface area contributed by atoms with Crippen LogP contribution in [0.5, 0.6) is 0 Å². The van der Waals surface area contributed by atoms with Crippen LogP contribution in [0.25, 0.3) is 0 Å². The molecule has 0 aromatic rings. The van der Waals surface area contributed by atoms with Gasteiger partial charge in [-0.2, -0.15) is 0 Å². The third kappa shape index (κ3) is 2.53. The Kier molecular flexibility index (Phi) is 4.15. The van der Waals surface area contributed by atoms with Gasteiger partial charge >= 0.3 is 5.97 Å². The van der Waals surface area contributed by atoms with E-state index in [2.05, 4.69) is 33.9 Å². The lowest BCUT2D eigenvalue weighted by molar-refractivity contribution is -0.148. The zero-order valence-electron chi connectivity index (χ0n) is 15.3. The van der Waals surface area contributed by atoms with Crippen LogP contribution in [-0.4, -0.2) is 51.1 Å². The number of aliphatic hydroxyl groups is 1. The number of aliphatic hydroxyl groups excluding tert-OH is 1. The third-order valence-corrected chi connectivity index (χ3v) is 10.7. The highest BCUT2D eigenvalue weighted by Crippen LogP contribution is 2.61. The number of hydrogen-bond donors (Lipinski definition) is 1. The molecule has 0 bridgehead atoms. The van der Waals surface area contributed by atoms with E-state index in [1.165, 1.54) is 13.4 Å². The summed E-state index contributed by atoms with van der Waals surface area (Å²) in [4.78, 5) is 12.1. The highest BCUT2D eigenvalue weighted by Gasteiger charge is 2.73. The molecule has 1 N–H and O–H groups in total. The fourth-order valence-corrected chi connectivity index (χ4v) is 4.81. The predicted molar refractivity (Wildman–Crippen MR) is 89.5 cm³/mol. The van der Waals surface area contributed by atoms with Gasteiger partial charge in [0.25, 0.3) is 0 Å². The Morgan fingerprint density at radius 2 is 2.12 bits per heavy atom. The minimum absolute atomic E-state index is 0.0347. The van der Waals surface area contributed by atoms with Crippen LogP contribution < -0.4 is 0 Å². The molecule has 7 heteroatoms. The lowest BCUT2D eigenvalue weighted by atomic mass is 9.82. The van der Waals surface area contributed by atoms with Gasteiger partial charge in [-0.05, 0) is 24.6 Å². The van der Waals surface area contributed by atoms with E-state index < -0.39 is 20.2 Å². The maximum absolute atomic E-state index is 12.1. The predicted octanol–water partition coefficient (Wildman–Crippen LogP) is 2.19. The van der Waals surface area contributed by atoms with Crippen molar-refractivity contribution < 1.29 is 28.5 Å². The molecule has 2 fully saturated rings. The maximum atomic E-state index is 12.1. The first-order chi connectivity index (χ1) is 11.1. The summed E-state index contributed by atoms with van der Waals surface area (Å²) >= 11 is 0. The first-order valence-corrected chi connectivity index (χ1v) is 11.4. The number of hydrogen-bond acceptors (Lipinski definition) is 6. The Labute approximate surface area is 144 Å². The molecular weight excluding hydrogens is 328 g/mol. The topological polar surface area (TPSA) is 77.5 Å². The normalized spacial score (nSPS) is 37.9. The number of fused-ring (bicyclic) bond motifs is 3. The van der Waals surface area contributed by atoms with Gasteiger partial charge in [0.1, 0.15) is 5.60 Å². The van der Waals surface area contributed by atoms with Gasteiger partial charge in [-0.1, -0.05) is 20.8 Å². The second-order valence-electron chi connectivity index (χ2n) is 8.53. The lowest BCUT2D eigenvalue weighted by Gasteiger charge is -2.44. The van der Waals surface area contributed by atoms with Crippen molar-refractivity contribution in [3.05, 3.63) is 11.8 Å². The van der Waals surface area contributed by atoms with E-state index in [9.17, 15) is 9.90 Å². The molecule has 0 aromatic heterocycles. The van der Waals surface area contributed by atoms with E-state index in [0.717, 1.165) is 0 Å². The molecule has 2 aliphatic heterocycles. The van der Waals surface area contributed by atoms with E-state index in [1.807, 2.05) is 0 Å². The van der Waals surface area contributed by atoms with Crippen LogP contribution in [0.15, 0.2) is 11.8 Å². The summed E-state index contributed by atoms with van der Waals surface area (Å²) in [6.07, 6.45) is 1.62. The fourth-order valence-electron chi connectivity index (χ4n) is 3.67. The number of carbonyl (C=O) groups excluding carboxylic acids is 1. The summed E-state index contributed by atoms with van der Waals surface area (Å²) in [7, 11) is -0.709. The van der Waals surface area contributed by atoms with Gasteiger partial charge in [0.2, 0.25) is 0 Å². The molecule has 0 aromatic carbocycles. The molecule has 5 atom stereocenters. The molecule has 136 valence electrons. The molecule has 3 aliphatic rings. The molecule has 24 heavy (non-hydrogen) atoms. The first kappa shape index (κ1) is 17.9. The van der Waals surface area contributed by atoms with Gasteiger partial charge < -0.3 is 23.7 Å². The van der Waals surface area contributed by atoms with Gasteiger partial charge in [-0.3, -0.25) is 0 Å². The van der Waals surface area contributed by atoms with Crippen molar-refractivity contribution in [2.75, 3.05) is 13.7 Å². The van der Waals surface area contributed by atoms with Crippen molar-refractivity contribution >= 4 is 14.3 Å². The average molecular weight is 356 g/mol. The SMILES string of the molecule is COC(=O)C1=CO[C@@H](O[Si](C)(C)C(C)(C)C)[C@H]2[C@@H]1C[C@@H]1O[C@]21CO. The van der Waals surface area contributed by atoms with Gasteiger partial charge in [-0.15, -0.1) is 0 Å². The van der Waals surface area contributed by atoms with Crippen molar-refractivity contribution in [2.24, 2.45) is 11.8 Å². The number of methoxy groups -OCH3 is 1. The number of rotatable bonds is 4. The zero-order chi connectivity index (χ0) is 17.9. The summed E-state index contributed by atoms with van der Waals surface area (Å²) in [5.74, 6) is -0.641. The van der Waals surface area contributed by atoms with Crippen LogP contribution in [0.4, 0.5) is 0 Å². The Morgan fingerprint density at radius 3 is 2.67 bits per heavy atom. The van der Waals surface area contributed by atoms with E-state index in [-0.39, 0.29) is 35.6 Å². The van der Waals surface area contributed by atoms with Crippen molar-refractivity contribution in [1.29, 1.82) is 0 Å². The minimum Gasteiger partial charge on any atom is -0.473 e. The molecule has 0 radical (unpaired) electrons. The van der Waals surface area contributed by atoms with Crippen molar-refractivity contribution in [3.8, 4) is 0 Å². The third-order valence-electron chi connectivity index (χ3n) is 6.22. The first-order valence-electron chi connectivity index (χ1n) is 8.48. The van der Waals surface area contributed by atoms with Crippen LogP contribution in [-0.2, 0) is 23.4 Å². The van der Waals surface area contributed by atoms with Gasteiger partial charge in [0.15, 0.2) is 14.6 Å². The van der Waals surface area contributed by atoms with Crippen LogP contribution in [0.3, 0.4) is 0 Å². The molecular formula is C17H28O6Si. The molecule has 3 rings (SSSR count). The quantitative estimate of drug-likeness (QED) is 0.473. The minimum atomic E-state index is -2.07. The molecule has 1 aliphatic carbocycles. The smallest absolute Gasteiger partial charge is 0.337 e. The summed E-state index contributed by atoms with van der Waals surface area (Å²) in [5, 5.41) is 9.94. The van der Waals surface area contributed by atoms with Crippen LogP contribution in [0.1, 0.15) is 27.2 Å². The average Bonchev–Trinajstić information content (AvgIpc) is 3.10. The molecule has 0 unspecified atom stereocenters. The summed E-state index contributed by atoms with van der Waals surface area (Å²) in [6, 6.07) is 0. The molecule has 0 amide bonds. The summed E-state index contributed by atoms with van der Waals surface area (Å²) in [5.41, 5.74) is -0.133. The Balaban J connectivity index is 1.91.